The first-order valence-corrected chi connectivity index (χ1v) is 9.14. The summed E-state index contributed by atoms with van der Waals surface area (Å²) in [6.45, 7) is 3.07. The lowest BCUT2D eigenvalue weighted by molar-refractivity contribution is 0.143. The molecule has 0 saturated carbocycles. The van der Waals surface area contributed by atoms with Crippen LogP contribution < -0.4 is 20.9 Å². The summed E-state index contributed by atoms with van der Waals surface area (Å²) >= 11 is 6.75. The number of ether oxygens (including phenoxy) is 1. The number of nitrogens with one attached hydrogen (secondary N) is 1. The third-order valence-electron chi connectivity index (χ3n) is 3.92. The summed E-state index contributed by atoms with van der Waals surface area (Å²) in [5.41, 5.74) is 7.45. The first-order chi connectivity index (χ1) is 11.1. The van der Waals surface area contributed by atoms with E-state index >= 15 is 0 Å². The van der Waals surface area contributed by atoms with Crippen LogP contribution in [0.4, 0.5) is 16.2 Å². The first-order valence-electron chi connectivity index (χ1n) is 7.58. The Balaban J connectivity index is 1.62. The maximum atomic E-state index is 12.0. The number of hydrogen-bond donors (Lipinski definition) is 2. The number of amides is 1. The molecule has 8 heteroatoms. The Hall–Kier alpha value is -1.67. The molecular weight excluding hydrogens is 332 g/mol. The van der Waals surface area contributed by atoms with Crippen molar-refractivity contribution in [2.24, 2.45) is 5.73 Å². The molecule has 3 N–H and O–H groups in total. The largest absolute Gasteiger partial charge is 0.442 e. The normalized spacial score (nSPS) is 21.2. The molecular formula is C15H20N4O2S2. The first kappa shape index (κ1) is 16.2. The fourth-order valence-corrected chi connectivity index (χ4v) is 3.70. The van der Waals surface area contributed by atoms with Gasteiger partial charge in [-0.1, -0.05) is 0 Å². The van der Waals surface area contributed by atoms with Crippen LogP contribution in [0.2, 0.25) is 0 Å². The van der Waals surface area contributed by atoms with Crippen LogP contribution in [-0.4, -0.2) is 55.0 Å². The third-order valence-corrected chi connectivity index (χ3v) is 5.00. The molecule has 2 fully saturated rings. The number of anilines is 2. The van der Waals surface area contributed by atoms with Gasteiger partial charge in [-0.2, -0.15) is 11.8 Å². The fraction of sp³-hybridized carbons (Fsp3) is 0.467. The van der Waals surface area contributed by atoms with Crippen molar-refractivity contribution in [3.63, 3.8) is 0 Å². The van der Waals surface area contributed by atoms with Crippen LogP contribution in [0.1, 0.15) is 0 Å². The molecule has 2 heterocycles. The third kappa shape index (κ3) is 4.00. The van der Waals surface area contributed by atoms with E-state index in [-0.39, 0.29) is 17.3 Å². The van der Waals surface area contributed by atoms with Gasteiger partial charge >= 0.3 is 6.09 Å². The predicted octanol–water partition coefficient (Wildman–Crippen LogP) is 1.40. The summed E-state index contributed by atoms with van der Waals surface area (Å²) in [6, 6.07) is 8.09. The predicted molar refractivity (Wildman–Crippen MR) is 98.4 cm³/mol. The zero-order valence-electron chi connectivity index (χ0n) is 12.7. The lowest BCUT2D eigenvalue weighted by Gasteiger charge is -2.28. The van der Waals surface area contributed by atoms with Crippen LogP contribution in [0, 0.1) is 0 Å². The Labute approximate surface area is 145 Å². The van der Waals surface area contributed by atoms with E-state index in [2.05, 4.69) is 22.3 Å². The molecule has 1 aromatic carbocycles. The second-order valence-corrected chi connectivity index (χ2v) is 7.14. The Bertz CT molecular complexity index is 575. The quantitative estimate of drug-likeness (QED) is 0.794. The number of thiocarbonyl (C=S) groups is 1. The number of rotatable bonds is 4. The lowest BCUT2D eigenvalue weighted by Crippen LogP contribution is -2.37. The van der Waals surface area contributed by atoms with E-state index in [1.165, 1.54) is 5.69 Å². The lowest BCUT2D eigenvalue weighted by atomic mass is 10.2. The second-order valence-electron chi connectivity index (χ2n) is 5.48. The highest BCUT2D eigenvalue weighted by Gasteiger charge is 2.32. The van der Waals surface area contributed by atoms with Crippen molar-refractivity contribution in [3.8, 4) is 0 Å². The molecule has 1 unspecified atom stereocenters. The molecule has 2 aliphatic rings. The number of nitrogens with two attached hydrogens (primary N) is 1. The molecule has 23 heavy (non-hydrogen) atoms. The van der Waals surface area contributed by atoms with Crippen molar-refractivity contribution in [1.82, 2.24) is 5.32 Å². The van der Waals surface area contributed by atoms with Crippen LogP contribution >= 0.6 is 24.0 Å². The molecule has 1 amide bonds. The van der Waals surface area contributed by atoms with Gasteiger partial charge in [-0.25, -0.2) is 4.79 Å². The molecule has 6 nitrogen and oxygen atoms in total. The SMILES string of the molecule is NC(=S)NCC1CN(c2ccc(N3CCSCC3)cc2)C(=O)O1. The highest BCUT2D eigenvalue weighted by molar-refractivity contribution is 7.99. The number of nitrogens with zero attached hydrogens (tertiary/aromatic N) is 2. The Morgan fingerprint density at radius 3 is 2.61 bits per heavy atom. The van der Waals surface area contributed by atoms with Crippen LogP contribution in [0.15, 0.2) is 24.3 Å². The van der Waals surface area contributed by atoms with Crippen molar-refractivity contribution in [3.05, 3.63) is 24.3 Å². The van der Waals surface area contributed by atoms with Gasteiger partial charge in [-0.05, 0) is 36.5 Å². The molecule has 0 radical (unpaired) electrons. The average Bonchev–Trinajstić information content (AvgIpc) is 2.95. The van der Waals surface area contributed by atoms with Gasteiger partial charge in [-0.3, -0.25) is 4.90 Å². The summed E-state index contributed by atoms with van der Waals surface area (Å²) in [4.78, 5) is 16.0. The van der Waals surface area contributed by atoms with Gasteiger partial charge in [0.05, 0.1) is 13.1 Å². The minimum atomic E-state index is -0.332. The number of hydrogen-bond acceptors (Lipinski definition) is 5. The van der Waals surface area contributed by atoms with Crippen molar-refractivity contribution in [2.45, 2.75) is 6.10 Å². The molecule has 124 valence electrons. The smallest absolute Gasteiger partial charge is 0.414 e. The molecule has 1 aromatic rings. The molecule has 0 spiro atoms. The minimum absolute atomic E-state index is 0.212. The molecule has 2 aliphatic heterocycles. The van der Waals surface area contributed by atoms with E-state index in [4.69, 9.17) is 22.7 Å². The molecule has 1 atom stereocenters. The summed E-state index contributed by atoms with van der Waals surface area (Å²) in [5.74, 6) is 2.33. The zero-order valence-corrected chi connectivity index (χ0v) is 14.4. The Morgan fingerprint density at radius 2 is 1.96 bits per heavy atom. The van der Waals surface area contributed by atoms with Crippen molar-refractivity contribution < 1.29 is 9.53 Å². The van der Waals surface area contributed by atoms with Gasteiger partial charge in [-0.15, -0.1) is 0 Å². The van der Waals surface area contributed by atoms with Crippen LogP contribution in [0.25, 0.3) is 0 Å². The Kier molecular flexibility index (Phi) is 5.12. The summed E-state index contributed by atoms with van der Waals surface area (Å²) in [5, 5.41) is 3.04. The van der Waals surface area contributed by atoms with Crippen molar-refractivity contribution in [2.75, 3.05) is 47.5 Å². The van der Waals surface area contributed by atoms with Gasteiger partial charge in [0.15, 0.2) is 5.11 Å². The van der Waals surface area contributed by atoms with Crippen LogP contribution in [-0.2, 0) is 4.74 Å². The van der Waals surface area contributed by atoms with E-state index in [0.29, 0.717) is 13.1 Å². The maximum Gasteiger partial charge on any atom is 0.414 e. The van der Waals surface area contributed by atoms with Gasteiger partial charge in [0.1, 0.15) is 6.10 Å². The van der Waals surface area contributed by atoms with E-state index in [1.54, 1.807) is 4.90 Å². The molecule has 0 aromatic heterocycles. The summed E-state index contributed by atoms with van der Waals surface area (Å²) < 4.78 is 5.32. The standard InChI is InChI=1S/C15H20N4O2S2/c16-14(22)17-9-13-10-19(15(20)21-13)12-3-1-11(2-4-12)18-5-7-23-8-6-18/h1-4,13H,5-10H2,(H3,16,17,22). The average molecular weight is 352 g/mol. The summed E-state index contributed by atoms with van der Waals surface area (Å²) in [7, 11) is 0. The van der Waals surface area contributed by atoms with E-state index in [1.807, 2.05) is 23.9 Å². The van der Waals surface area contributed by atoms with Gasteiger partial charge in [0.2, 0.25) is 0 Å². The molecule has 3 rings (SSSR count). The number of cyclic esters (lactones) is 1. The van der Waals surface area contributed by atoms with Crippen LogP contribution in [0.3, 0.4) is 0 Å². The van der Waals surface area contributed by atoms with E-state index < -0.39 is 0 Å². The van der Waals surface area contributed by atoms with Crippen LogP contribution in [0.5, 0.6) is 0 Å². The zero-order chi connectivity index (χ0) is 16.2. The second kappa shape index (κ2) is 7.27. The number of carbonyl (C=O) groups is 1. The topological polar surface area (TPSA) is 70.8 Å². The summed E-state index contributed by atoms with van der Waals surface area (Å²) in [6.07, 6.45) is -0.579. The molecule has 2 saturated heterocycles. The van der Waals surface area contributed by atoms with Crippen molar-refractivity contribution in [1.29, 1.82) is 0 Å². The Morgan fingerprint density at radius 1 is 1.30 bits per heavy atom. The van der Waals surface area contributed by atoms with Gasteiger partial charge in [0, 0.05) is 36.0 Å². The molecule has 0 bridgehead atoms. The number of carbonyl (C=O) groups excluding carboxylic acids is 1. The van der Waals surface area contributed by atoms with E-state index in [9.17, 15) is 4.79 Å². The monoisotopic (exact) mass is 352 g/mol. The van der Waals surface area contributed by atoms with Crippen molar-refractivity contribution >= 4 is 46.6 Å². The van der Waals surface area contributed by atoms with Gasteiger partial charge in [0.25, 0.3) is 0 Å². The number of thioether (sulfide) groups is 1. The minimum Gasteiger partial charge on any atom is -0.442 e. The molecule has 0 aliphatic carbocycles. The highest BCUT2D eigenvalue weighted by Crippen LogP contribution is 2.26. The fourth-order valence-electron chi connectivity index (χ4n) is 2.72. The number of benzene rings is 1. The van der Waals surface area contributed by atoms with Gasteiger partial charge < -0.3 is 20.7 Å². The maximum absolute atomic E-state index is 12.0. The van der Waals surface area contributed by atoms with E-state index in [0.717, 1.165) is 30.3 Å². The highest BCUT2D eigenvalue weighted by atomic mass is 32.2.